The van der Waals surface area contributed by atoms with Gasteiger partial charge >= 0.3 is 0 Å². The van der Waals surface area contributed by atoms with Crippen molar-refractivity contribution in [1.82, 2.24) is 24.5 Å². The number of furan rings is 1. The van der Waals surface area contributed by atoms with Crippen molar-refractivity contribution in [1.29, 1.82) is 0 Å². The number of hydrogen-bond donors (Lipinski definition) is 0. The fraction of sp³-hybridized carbons (Fsp3) is 0.244. The minimum atomic E-state index is -1.34. The van der Waals surface area contributed by atoms with Gasteiger partial charge in [-0.05, 0) is 55.8 Å². The molecule has 0 aliphatic rings. The first-order valence-electron chi connectivity index (χ1n) is 18.0. The van der Waals surface area contributed by atoms with Crippen LogP contribution in [0.1, 0.15) is 56.5 Å². The maximum atomic E-state index is 6.43. The van der Waals surface area contributed by atoms with Crippen molar-refractivity contribution in [3.05, 3.63) is 126 Å². The molecule has 0 atom stereocenters. The summed E-state index contributed by atoms with van der Waals surface area (Å²) in [5.41, 5.74) is 11.8. The Bertz CT molecular complexity index is 2530. The first-order chi connectivity index (χ1) is 24.9. The molecule has 0 amide bonds. The Balaban J connectivity index is 0.000000206. The molecule has 53 heavy (non-hydrogen) atoms. The van der Waals surface area contributed by atoms with Gasteiger partial charge in [0.2, 0.25) is 5.71 Å². The summed E-state index contributed by atoms with van der Waals surface area (Å²) in [4.78, 5) is 19.0. The van der Waals surface area contributed by atoms with Crippen LogP contribution >= 0.6 is 0 Å². The van der Waals surface area contributed by atoms with Gasteiger partial charge in [-0.25, -0.2) is 4.98 Å². The number of aromatic nitrogens is 5. The number of hydrogen-bond acceptors (Lipinski definition) is 5. The third-order valence-electron chi connectivity index (χ3n) is 9.55. The molecule has 0 fully saturated rings. The Morgan fingerprint density at radius 3 is 2.25 bits per heavy atom. The monoisotopic (exact) mass is 892 g/mol. The van der Waals surface area contributed by atoms with Crippen LogP contribution in [-0.2, 0) is 20.1 Å². The van der Waals surface area contributed by atoms with Crippen molar-refractivity contribution in [2.75, 3.05) is 0 Å². The van der Waals surface area contributed by atoms with E-state index in [-0.39, 0.29) is 26.1 Å². The third kappa shape index (κ3) is 7.41. The normalized spacial score (nSPS) is 11.7. The van der Waals surface area contributed by atoms with Gasteiger partial charge in [0.15, 0.2) is 0 Å². The van der Waals surface area contributed by atoms with E-state index in [0.29, 0.717) is 11.6 Å². The van der Waals surface area contributed by atoms with E-state index in [1.54, 1.807) is 0 Å². The fourth-order valence-electron chi connectivity index (χ4n) is 6.96. The zero-order chi connectivity index (χ0) is 36.7. The fourth-order valence-corrected chi connectivity index (χ4v) is 8.64. The summed E-state index contributed by atoms with van der Waals surface area (Å²) in [6.07, 6.45) is 3.90. The second-order valence-corrected chi connectivity index (χ2v) is 20.1. The molecule has 0 aliphatic heterocycles. The predicted octanol–water partition coefficient (Wildman–Crippen LogP) is 11.3. The van der Waals surface area contributed by atoms with Crippen LogP contribution in [0, 0.1) is 26.0 Å². The zero-order valence-electron chi connectivity index (χ0n) is 31.9. The molecule has 5 aromatic heterocycles. The van der Waals surface area contributed by atoms with E-state index in [9.17, 15) is 0 Å². The van der Waals surface area contributed by atoms with Crippen LogP contribution in [0.3, 0.4) is 0 Å². The van der Waals surface area contributed by atoms with Gasteiger partial charge in [0.1, 0.15) is 0 Å². The molecule has 8 rings (SSSR count). The van der Waals surface area contributed by atoms with E-state index in [4.69, 9.17) is 14.4 Å². The van der Waals surface area contributed by atoms with E-state index < -0.39 is 8.07 Å². The summed E-state index contributed by atoms with van der Waals surface area (Å²) < 4.78 is 8.66. The topological polar surface area (TPSA) is 69.6 Å². The van der Waals surface area contributed by atoms with Crippen LogP contribution in [0.25, 0.3) is 67.0 Å². The standard InChI is InChI=1S/C28H23N4O.C17H22NSi.Ir/c1-16(2)32-25-18(4)29-15-14-23(25)30-27(32)21-11-10-17(3)24-20-12-13-22(19-8-6-5-7-9-19)31-28(20)33-26(21)24;1-13(2)15-11-16(14-9-7-6-8-10-14)18-12-17(15)19(3,4)5;/h5-10,12-16H,1-4H3;6-9,11-13H,1-5H3;/q2*-1;. The summed E-state index contributed by atoms with van der Waals surface area (Å²) in [5.74, 6) is 1.37. The van der Waals surface area contributed by atoms with Crippen LogP contribution in [0.15, 0.2) is 102 Å². The van der Waals surface area contributed by atoms with E-state index in [0.717, 1.165) is 72.5 Å². The average molecular weight is 892 g/mol. The van der Waals surface area contributed by atoms with Crippen molar-refractivity contribution in [3.8, 4) is 33.9 Å². The Morgan fingerprint density at radius 1 is 0.811 bits per heavy atom. The molecule has 3 aromatic carbocycles. The SMILES string of the molecule is CC(C)c1cc(-c2[c-]cccc2)ncc1[Si](C)(C)C.Cc1c[c-]c(-c2nc3ccnc(C)c3n2C(C)C)c2oc3nc(-c4ccccc4)ccc3c12.[Ir]. The number of imidazole rings is 1. The minimum Gasteiger partial charge on any atom is -0.486 e. The number of rotatable bonds is 6. The Kier molecular flexibility index (Phi) is 11.0. The van der Waals surface area contributed by atoms with Crippen LogP contribution in [0.2, 0.25) is 19.6 Å². The van der Waals surface area contributed by atoms with Gasteiger partial charge in [0.05, 0.1) is 41.9 Å². The van der Waals surface area contributed by atoms with Gasteiger partial charge in [0, 0.05) is 49.5 Å². The number of nitrogens with zero attached hydrogens (tertiary/aromatic N) is 5. The summed E-state index contributed by atoms with van der Waals surface area (Å²) >= 11 is 0. The van der Waals surface area contributed by atoms with Crippen LogP contribution in [-0.4, -0.2) is 32.6 Å². The predicted molar refractivity (Wildman–Crippen MR) is 218 cm³/mol. The summed E-state index contributed by atoms with van der Waals surface area (Å²) in [6.45, 7) is 20.1. The average Bonchev–Trinajstić information content (AvgIpc) is 3.73. The molecular weight excluding hydrogens is 847 g/mol. The molecule has 6 nitrogen and oxygen atoms in total. The molecule has 0 spiro atoms. The number of benzene rings is 3. The van der Waals surface area contributed by atoms with Gasteiger partial charge in [-0.15, -0.1) is 53.6 Å². The van der Waals surface area contributed by atoms with Gasteiger partial charge in [-0.2, -0.15) is 0 Å². The molecule has 1 radical (unpaired) electrons. The Hall–Kier alpha value is -4.75. The summed E-state index contributed by atoms with van der Waals surface area (Å²) in [5, 5.41) is 3.53. The number of fused-ring (bicyclic) bond motifs is 4. The summed E-state index contributed by atoms with van der Waals surface area (Å²) in [6, 6.07) is 35.5. The Morgan fingerprint density at radius 2 is 1.57 bits per heavy atom. The second kappa shape index (κ2) is 15.3. The molecule has 8 aromatic rings. The maximum absolute atomic E-state index is 6.43. The minimum absolute atomic E-state index is 0. The third-order valence-corrected chi connectivity index (χ3v) is 11.6. The molecule has 0 N–H and O–H groups in total. The smallest absolute Gasteiger partial charge is 0.216 e. The Labute approximate surface area is 327 Å². The van der Waals surface area contributed by atoms with Crippen molar-refractivity contribution in [2.24, 2.45) is 0 Å². The molecule has 8 heteroatoms. The molecule has 0 unspecified atom stereocenters. The molecule has 0 bridgehead atoms. The molecule has 271 valence electrons. The molecule has 5 heterocycles. The van der Waals surface area contributed by atoms with Crippen LogP contribution < -0.4 is 5.19 Å². The van der Waals surface area contributed by atoms with Gasteiger partial charge in [0.25, 0.3) is 0 Å². The van der Waals surface area contributed by atoms with Crippen LogP contribution in [0.5, 0.6) is 0 Å². The second-order valence-electron chi connectivity index (χ2n) is 15.1. The van der Waals surface area contributed by atoms with Gasteiger partial charge < -0.3 is 14.0 Å². The zero-order valence-corrected chi connectivity index (χ0v) is 35.3. The van der Waals surface area contributed by atoms with Crippen molar-refractivity contribution in [2.45, 2.75) is 73.1 Å². The molecular formula is C45H45IrN5OSi-2. The van der Waals surface area contributed by atoms with E-state index in [2.05, 4.69) is 124 Å². The number of aryl methyl sites for hydroxylation is 2. The summed E-state index contributed by atoms with van der Waals surface area (Å²) in [7, 11) is -1.34. The van der Waals surface area contributed by atoms with Crippen molar-refractivity contribution in [3.63, 3.8) is 0 Å². The van der Waals surface area contributed by atoms with Crippen molar-refractivity contribution < 1.29 is 24.5 Å². The first kappa shape index (κ1) is 38.0. The maximum Gasteiger partial charge on any atom is 0.216 e. The largest absolute Gasteiger partial charge is 0.486 e. The van der Waals surface area contributed by atoms with Crippen LogP contribution in [0.4, 0.5) is 0 Å². The molecule has 0 aliphatic carbocycles. The quantitative estimate of drug-likeness (QED) is 0.123. The van der Waals surface area contributed by atoms with E-state index in [1.165, 1.54) is 10.8 Å². The van der Waals surface area contributed by atoms with Gasteiger partial charge in [-0.3, -0.25) is 9.97 Å². The van der Waals surface area contributed by atoms with Gasteiger partial charge in [-0.1, -0.05) is 93.3 Å². The van der Waals surface area contributed by atoms with Crippen molar-refractivity contribution >= 4 is 46.4 Å². The van der Waals surface area contributed by atoms with E-state index >= 15 is 0 Å². The van der Waals surface area contributed by atoms with E-state index in [1.807, 2.05) is 61.7 Å². The molecule has 0 saturated heterocycles. The molecule has 0 saturated carbocycles. The number of pyridine rings is 3. The first-order valence-corrected chi connectivity index (χ1v) is 21.5.